The van der Waals surface area contributed by atoms with Crippen molar-refractivity contribution in [3.63, 3.8) is 0 Å². The van der Waals surface area contributed by atoms with Crippen LogP contribution in [0.4, 0.5) is 0 Å². The number of morpholine rings is 1. The van der Waals surface area contributed by atoms with E-state index in [0.717, 1.165) is 71.6 Å². The summed E-state index contributed by atoms with van der Waals surface area (Å²) in [6.07, 6.45) is 4.05. The van der Waals surface area contributed by atoms with Gasteiger partial charge in [0.2, 0.25) is 0 Å². The van der Waals surface area contributed by atoms with E-state index >= 15 is 0 Å². The predicted octanol–water partition coefficient (Wildman–Crippen LogP) is -0.163. The maximum Gasteiger partial charge on any atom is 0.311 e. The maximum absolute atomic E-state index is 11.9. The lowest BCUT2D eigenvalue weighted by molar-refractivity contribution is -0.146. The summed E-state index contributed by atoms with van der Waals surface area (Å²) in [5.41, 5.74) is 0. The lowest BCUT2D eigenvalue weighted by atomic mass is 10.1. The topological polar surface area (TPSA) is 61.9 Å². The Morgan fingerprint density at radius 2 is 1.70 bits per heavy atom. The van der Waals surface area contributed by atoms with Crippen molar-refractivity contribution < 1.29 is 14.3 Å². The summed E-state index contributed by atoms with van der Waals surface area (Å²) in [6, 6.07) is 0. The average Bonchev–Trinajstić information content (AvgIpc) is 2.52. The molecule has 20 heavy (non-hydrogen) atoms. The van der Waals surface area contributed by atoms with Gasteiger partial charge in [0, 0.05) is 32.7 Å². The highest BCUT2D eigenvalue weighted by atomic mass is 16.5. The van der Waals surface area contributed by atoms with Crippen LogP contribution in [0.5, 0.6) is 0 Å². The number of carbonyl (C=O) groups is 2. The largest absolute Gasteiger partial charge is 0.379 e. The highest BCUT2D eigenvalue weighted by molar-refractivity contribution is 6.35. The minimum atomic E-state index is -0.450. The first-order valence-corrected chi connectivity index (χ1v) is 7.64. The molecule has 6 heteroatoms. The Balaban J connectivity index is 1.58. The smallest absolute Gasteiger partial charge is 0.311 e. The molecule has 2 heterocycles. The third-order valence-corrected chi connectivity index (χ3v) is 3.88. The highest BCUT2D eigenvalue weighted by Gasteiger charge is 2.22. The molecule has 2 aliphatic heterocycles. The molecule has 2 fully saturated rings. The number of carbonyl (C=O) groups excluding carboxylic acids is 2. The van der Waals surface area contributed by atoms with Crippen LogP contribution >= 0.6 is 0 Å². The second-order valence-corrected chi connectivity index (χ2v) is 5.42. The van der Waals surface area contributed by atoms with Crippen molar-refractivity contribution in [3.05, 3.63) is 0 Å². The summed E-state index contributed by atoms with van der Waals surface area (Å²) >= 11 is 0. The zero-order valence-corrected chi connectivity index (χ0v) is 12.1. The molecule has 0 saturated carbocycles. The lowest BCUT2D eigenvalue weighted by Gasteiger charge is -2.27. The lowest BCUT2D eigenvalue weighted by Crippen LogP contribution is -2.45. The van der Waals surface area contributed by atoms with Crippen LogP contribution in [0.25, 0.3) is 0 Å². The number of hydrogen-bond donors (Lipinski definition) is 1. The van der Waals surface area contributed by atoms with Gasteiger partial charge in [0.15, 0.2) is 0 Å². The maximum atomic E-state index is 11.9. The third kappa shape index (κ3) is 4.76. The Hall–Kier alpha value is -1.14. The summed E-state index contributed by atoms with van der Waals surface area (Å²) in [7, 11) is 0. The predicted molar refractivity (Wildman–Crippen MR) is 75.3 cm³/mol. The minimum Gasteiger partial charge on any atom is -0.379 e. The molecule has 0 aromatic carbocycles. The number of piperidine rings is 1. The van der Waals surface area contributed by atoms with Crippen LogP contribution in [0.2, 0.25) is 0 Å². The first-order valence-electron chi connectivity index (χ1n) is 7.64. The van der Waals surface area contributed by atoms with Crippen molar-refractivity contribution in [2.45, 2.75) is 25.7 Å². The van der Waals surface area contributed by atoms with Gasteiger partial charge in [-0.15, -0.1) is 0 Å². The number of hydrogen-bond acceptors (Lipinski definition) is 4. The van der Waals surface area contributed by atoms with Crippen molar-refractivity contribution in [1.82, 2.24) is 15.1 Å². The van der Waals surface area contributed by atoms with Gasteiger partial charge in [0.1, 0.15) is 0 Å². The van der Waals surface area contributed by atoms with E-state index in [2.05, 4.69) is 10.2 Å². The molecule has 0 aromatic rings. The van der Waals surface area contributed by atoms with Gasteiger partial charge < -0.3 is 15.0 Å². The van der Waals surface area contributed by atoms with E-state index in [4.69, 9.17) is 4.74 Å². The number of amides is 2. The second kappa shape index (κ2) is 8.21. The monoisotopic (exact) mass is 283 g/mol. The first-order chi connectivity index (χ1) is 9.77. The van der Waals surface area contributed by atoms with E-state index in [1.54, 1.807) is 4.90 Å². The molecule has 2 aliphatic rings. The van der Waals surface area contributed by atoms with E-state index in [1.807, 2.05) is 0 Å². The number of nitrogens with zero attached hydrogens (tertiary/aromatic N) is 2. The minimum absolute atomic E-state index is 0.365. The normalized spacial score (nSPS) is 20.7. The Morgan fingerprint density at radius 3 is 2.40 bits per heavy atom. The quantitative estimate of drug-likeness (QED) is 0.575. The number of rotatable bonds is 4. The van der Waals surface area contributed by atoms with E-state index < -0.39 is 5.91 Å². The molecule has 0 unspecified atom stereocenters. The highest BCUT2D eigenvalue weighted by Crippen LogP contribution is 2.08. The van der Waals surface area contributed by atoms with Gasteiger partial charge in [-0.3, -0.25) is 14.5 Å². The van der Waals surface area contributed by atoms with E-state index in [9.17, 15) is 9.59 Å². The van der Waals surface area contributed by atoms with Gasteiger partial charge in [-0.2, -0.15) is 0 Å². The summed E-state index contributed by atoms with van der Waals surface area (Å²) in [4.78, 5) is 27.6. The molecule has 0 bridgehead atoms. The van der Waals surface area contributed by atoms with Gasteiger partial charge in [0.05, 0.1) is 13.2 Å². The summed E-state index contributed by atoms with van der Waals surface area (Å²) in [5, 5.41) is 2.73. The second-order valence-electron chi connectivity index (χ2n) is 5.42. The molecule has 0 atom stereocenters. The number of nitrogens with one attached hydrogen (secondary N) is 1. The van der Waals surface area contributed by atoms with Crippen LogP contribution in [0.3, 0.4) is 0 Å². The molecular weight excluding hydrogens is 258 g/mol. The molecule has 6 nitrogen and oxygen atoms in total. The van der Waals surface area contributed by atoms with Crippen LogP contribution in [0.15, 0.2) is 0 Å². The van der Waals surface area contributed by atoms with Gasteiger partial charge in [-0.05, 0) is 32.2 Å². The first kappa shape index (κ1) is 15.3. The zero-order chi connectivity index (χ0) is 14.2. The Bertz CT molecular complexity index is 324. The SMILES string of the molecule is O=C(NCCCN1CCOCC1)C(=O)N1CCCCC1. The van der Waals surface area contributed by atoms with Gasteiger partial charge >= 0.3 is 11.8 Å². The fourth-order valence-electron chi connectivity index (χ4n) is 2.65. The summed E-state index contributed by atoms with van der Waals surface area (Å²) < 4.78 is 5.28. The average molecular weight is 283 g/mol. The molecule has 0 radical (unpaired) electrons. The van der Waals surface area contributed by atoms with E-state index in [0.29, 0.717) is 6.54 Å². The molecule has 114 valence electrons. The summed E-state index contributed by atoms with van der Waals surface area (Å²) in [6.45, 7) is 6.46. The molecular formula is C14H25N3O3. The van der Waals surface area contributed by atoms with Crippen LogP contribution < -0.4 is 5.32 Å². The zero-order valence-electron chi connectivity index (χ0n) is 12.1. The standard InChI is InChI=1S/C14H25N3O3/c18-13(14(19)17-7-2-1-3-8-17)15-5-4-6-16-9-11-20-12-10-16/h1-12H2,(H,15,18). The van der Waals surface area contributed by atoms with Crippen LogP contribution in [-0.2, 0) is 14.3 Å². The van der Waals surface area contributed by atoms with Gasteiger partial charge in [-0.1, -0.05) is 0 Å². The van der Waals surface area contributed by atoms with Crippen molar-refractivity contribution >= 4 is 11.8 Å². The molecule has 1 N–H and O–H groups in total. The Labute approximate surface area is 120 Å². The van der Waals surface area contributed by atoms with Gasteiger partial charge in [0.25, 0.3) is 0 Å². The van der Waals surface area contributed by atoms with Crippen LogP contribution in [-0.4, -0.2) is 74.1 Å². The van der Waals surface area contributed by atoms with E-state index in [1.165, 1.54) is 0 Å². The fraction of sp³-hybridized carbons (Fsp3) is 0.857. The fourth-order valence-corrected chi connectivity index (χ4v) is 2.65. The molecule has 2 rings (SSSR count). The number of likely N-dealkylation sites (tertiary alicyclic amines) is 1. The van der Waals surface area contributed by atoms with Crippen molar-refractivity contribution in [2.24, 2.45) is 0 Å². The Kier molecular flexibility index (Phi) is 6.26. The third-order valence-electron chi connectivity index (χ3n) is 3.88. The molecule has 0 aliphatic carbocycles. The van der Waals surface area contributed by atoms with Crippen molar-refractivity contribution in [3.8, 4) is 0 Å². The van der Waals surface area contributed by atoms with E-state index in [-0.39, 0.29) is 5.91 Å². The van der Waals surface area contributed by atoms with Crippen LogP contribution in [0, 0.1) is 0 Å². The molecule has 2 amide bonds. The van der Waals surface area contributed by atoms with Crippen molar-refractivity contribution in [2.75, 3.05) is 52.5 Å². The summed E-state index contributed by atoms with van der Waals surface area (Å²) in [5.74, 6) is -0.815. The molecule has 0 aromatic heterocycles. The van der Waals surface area contributed by atoms with Gasteiger partial charge in [-0.25, -0.2) is 0 Å². The molecule has 2 saturated heterocycles. The molecule has 0 spiro atoms. The Morgan fingerprint density at radius 1 is 1.00 bits per heavy atom. The number of ether oxygens (including phenoxy) is 1. The van der Waals surface area contributed by atoms with Crippen molar-refractivity contribution in [1.29, 1.82) is 0 Å². The van der Waals surface area contributed by atoms with Crippen LogP contribution in [0.1, 0.15) is 25.7 Å².